The molecule has 0 aliphatic carbocycles. The van der Waals surface area contributed by atoms with Crippen LogP contribution in [0.5, 0.6) is 0 Å². The van der Waals surface area contributed by atoms with Crippen molar-refractivity contribution in [3.8, 4) is 0 Å². The predicted octanol–water partition coefficient (Wildman–Crippen LogP) is 2.26. The molecule has 20 heavy (non-hydrogen) atoms. The minimum absolute atomic E-state index is 0.336. The molecule has 1 aromatic carbocycles. The topological polar surface area (TPSA) is 42.7 Å². The molecule has 0 amide bonds. The van der Waals surface area contributed by atoms with Crippen LogP contribution >= 0.6 is 0 Å². The third kappa shape index (κ3) is 2.70. The predicted molar refractivity (Wildman–Crippen MR) is 80.5 cm³/mol. The number of pyridine rings is 1. The first-order chi connectivity index (χ1) is 9.86. The van der Waals surface area contributed by atoms with Crippen LogP contribution in [0.4, 0.5) is 0 Å². The van der Waals surface area contributed by atoms with Gasteiger partial charge in [-0.3, -0.25) is 4.98 Å². The lowest BCUT2D eigenvalue weighted by Gasteiger charge is -2.17. The first-order valence-electron chi connectivity index (χ1n) is 6.84. The van der Waals surface area contributed by atoms with E-state index in [2.05, 4.69) is 32.0 Å². The second kappa shape index (κ2) is 5.84. The summed E-state index contributed by atoms with van der Waals surface area (Å²) in [6, 6.07) is 14.6. The Morgan fingerprint density at radius 2 is 1.95 bits per heavy atom. The maximum absolute atomic E-state index is 4.43. The quantitative estimate of drug-likeness (QED) is 0.770. The van der Waals surface area contributed by atoms with Crippen molar-refractivity contribution in [3.05, 3.63) is 60.7 Å². The molecule has 2 aromatic heterocycles. The highest BCUT2D eigenvalue weighted by molar-refractivity contribution is 5.74. The number of nitrogens with zero attached hydrogens (tertiary/aromatic N) is 3. The van der Waals surface area contributed by atoms with Crippen molar-refractivity contribution in [1.82, 2.24) is 19.9 Å². The number of hydrogen-bond acceptors (Lipinski definition) is 3. The van der Waals surface area contributed by atoms with Crippen molar-refractivity contribution in [2.45, 2.75) is 19.0 Å². The molecule has 102 valence electrons. The third-order valence-corrected chi connectivity index (χ3v) is 3.53. The zero-order chi connectivity index (χ0) is 13.8. The molecular weight excluding hydrogens is 248 g/mol. The van der Waals surface area contributed by atoms with Gasteiger partial charge in [-0.05, 0) is 31.3 Å². The van der Waals surface area contributed by atoms with Gasteiger partial charge in [0.25, 0.3) is 0 Å². The van der Waals surface area contributed by atoms with Crippen molar-refractivity contribution < 1.29 is 0 Å². The van der Waals surface area contributed by atoms with Gasteiger partial charge in [-0.2, -0.15) is 0 Å². The smallest absolute Gasteiger partial charge is 0.0958 e. The number of nitrogens with one attached hydrogen (secondary N) is 1. The highest BCUT2D eigenvalue weighted by Crippen LogP contribution is 2.13. The first kappa shape index (κ1) is 12.8. The van der Waals surface area contributed by atoms with Crippen molar-refractivity contribution in [2.24, 2.45) is 0 Å². The molecule has 3 aromatic rings. The van der Waals surface area contributed by atoms with Gasteiger partial charge in [0.1, 0.15) is 0 Å². The number of benzene rings is 1. The largest absolute Gasteiger partial charge is 0.329 e. The Morgan fingerprint density at radius 1 is 1.10 bits per heavy atom. The standard InChI is InChI=1S/C16H18N4/c1-17-14(10-13-6-4-5-9-18-13)11-20-12-19-15-7-2-3-8-16(15)20/h2-9,12,14,17H,10-11H2,1H3. The molecule has 2 heterocycles. The molecule has 1 N–H and O–H groups in total. The van der Waals surface area contributed by atoms with Gasteiger partial charge in [0.05, 0.1) is 17.4 Å². The second-order valence-electron chi connectivity index (χ2n) is 4.90. The van der Waals surface area contributed by atoms with Crippen LogP contribution in [0, 0.1) is 0 Å². The Hall–Kier alpha value is -2.20. The van der Waals surface area contributed by atoms with Gasteiger partial charge >= 0.3 is 0 Å². The molecule has 0 aliphatic heterocycles. The fourth-order valence-corrected chi connectivity index (χ4v) is 2.42. The Balaban J connectivity index is 1.78. The zero-order valence-corrected chi connectivity index (χ0v) is 11.5. The van der Waals surface area contributed by atoms with E-state index in [0.29, 0.717) is 6.04 Å². The number of rotatable bonds is 5. The lowest BCUT2D eigenvalue weighted by Crippen LogP contribution is -2.32. The number of fused-ring (bicyclic) bond motifs is 1. The Morgan fingerprint density at radius 3 is 2.75 bits per heavy atom. The molecule has 0 saturated heterocycles. The van der Waals surface area contributed by atoms with E-state index in [1.165, 1.54) is 5.52 Å². The number of para-hydroxylation sites is 2. The van der Waals surface area contributed by atoms with Crippen LogP contribution in [-0.2, 0) is 13.0 Å². The Bertz CT molecular complexity index is 675. The van der Waals surface area contributed by atoms with Crippen LogP contribution in [0.1, 0.15) is 5.69 Å². The molecule has 4 heteroatoms. The molecule has 0 radical (unpaired) electrons. The maximum atomic E-state index is 4.43. The summed E-state index contributed by atoms with van der Waals surface area (Å²) < 4.78 is 2.19. The van der Waals surface area contributed by atoms with Gasteiger partial charge in [-0.1, -0.05) is 18.2 Å². The molecule has 4 nitrogen and oxygen atoms in total. The molecular formula is C16H18N4. The van der Waals surface area contributed by atoms with E-state index >= 15 is 0 Å². The van der Waals surface area contributed by atoms with Crippen molar-refractivity contribution in [3.63, 3.8) is 0 Å². The fourth-order valence-electron chi connectivity index (χ4n) is 2.42. The summed E-state index contributed by atoms with van der Waals surface area (Å²) in [4.78, 5) is 8.83. The van der Waals surface area contributed by atoms with E-state index in [1.54, 1.807) is 0 Å². The van der Waals surface area contributed by atoms with Crippen LogP contribution in [0.3, 0.4) is 0 Å². The summed E-state index contributed by atoms with van der Waals surface area (Å²) in [6.45, 7) is 0.883. The number of aromatic nitrogens is 3. The Labute approximate surface area is 118 Å². The van der Waals surface area contributed by atoms with Crippen LogP contribution in [-0.4, -0.2) is 27.6 Å². The van der Waals surface area contributed by atoms with E-state index in [0.717, 1.165) is 24.2 Å². The van der Waals surface area contributed by atoms with Gasteiger partial charge in [0, 0.05) is 30.9 Å². The first-order valence-corrected chi connectivity index (χ1v) is 6.84. The van der Waals surface area contributed by atoms with E-state index in [1.807, 2.05) is 49.9 Å². The lowest BCUT2D eigenvalue weighted by molar-refractivity contribution is 0.481. The average molecular weight is 266 g/mol. The lowest BCUT2D eigenvalue weighted by atomic mass is 10.1. The second-order valence-corrected chi connectivity index (χ2v) is 4.90. The highest BCUT2D eigenvalue weighted by Gasteiger charge is 2.10. The molecule has 0 aliphatic rings. The monoisotopic (exact) mass is 266 g/mol. The molecule has 0 bridgehead atoms. The molecule has 0 spiro atoms. The summed E-state index contributed by atoms with van der Waals surface area (Å²) >= 11 is 0. The van der Waals surface area contributed by atoms with Gasteiger partial charge in [-0.25, -0.2) is 4.98 Å². The van der Waals surface area contributed by atoms with Gasteiger partial charge < -0.3 is 9.88 Å². The minimum atomic E-state index is 0.336. The summed E-state index contributed by atoms with van der Waals surface area (Å²) in [5, 5.41) is 3.36. The summed E-state index contributed by atoms with van der Waals surface area (Å²) in [7, 11) is 1.99. The van der Waals surface area contributed by atoms with Gasteiger partial charge in [-0.15, -0.1) is 0 Å². The van der Waals surface area contributed by atoms with Crippen molar-refractivity contribution in [2.75, 3.05) is 7.05 Å². The van der Waals surface area contributed by atoms with Crippen LogP contribution < -0.4 is 5.32 Å². The van der Waals surface area contributed by atoms with Gasteiger partial charge in [0.15, 0.2) is 0 Å². The van der Waals surface area contributed by atoms with Crippen LogP contribution in [0.2, 0.25) is 0 Å². The molecule has 0 fully saturated rings. The maximum Gasteiger partial charge on any atom is 0.0958 e. The SMILES string of the molecule is CNC(Cc1ccccn1)Cn1cnc2ccccc21. The normalized spacial score (nSPS) is 12.7. The molecule has 0 saturated carbocycles. The van der Waals surface area contributed by atoms with Crippen LogP contribution in [0.15, 0.2) is 55.0 Å². The van der Waals surface area contributed by atoms with Gasteiger partial charge in [0.2, 0.25) is 0 Å². The molecule has 3 rings (SSSR count). The van der Waals surface area contributed by atoms with Crippen LogP contribution in [0.25, 0.3) is 11.0 Å². The minimum Gasteiger partial charge on any atom is -0.329 e. The molecule has 1 unspecified atom stereocenters. The van der Waals surface area contributed by atoms with E-state index in [-0.39, 0.29) is 0 Å². The van der Waals surface area contributed by atoms with E-state index in [9.17, 15) is 0 Å². The fraction of sp³-hybridized carbons (Fsp3) is 0.250. The summed E-state index contributed by atoms with van der Waals surface area (Å²) in [5.74, 6) is 0. The van der Waals surface area contributed by atoms with E-state index < -0.39 is 0 Å². The average Bonchev–Trinajstić information content (AvgIpc) is 2.91. The highest BCUT2D eigenvalue weighted by atomic mass is 15.1. The van der Waals surface area contributed by atoms with Crippen molar-refractivity contribution in [1.29, 1.82) is 0 Å². The van der Waals surface area contributed by atoms with E-state index in [4.69, 9.17) is 0 Å². The number of likely N-dealkylation sites (N-methyl/N-ethyl adjacent to an activating group) is 1. The Kier molecular flexibility index (Phi) is 3.74. The third-order valence-electron chi connectivity index (χ3n) is 3.53. The number of imidazole rings is 1. The number of hydrogen-bond donors (Lipinski definition) is 1. The van der Waals surface area contributed by atoms with Crippen molar-refractivity contribution >= 4 is 11.0 Å². The summed E-state index contributed by atoms with van der Waals surface area (Å²) in [6.07, 6.45) is 4.66. The molecule has 1 atom stereocenters. The summed E-state index contributed by atoms with van der Waals surface area (Å²) in [5.41, 5.74) is 3.32. The zero-order valence-electron chi connectivity index (χ0n) is 11.5.